The summed E-state index contributed by atoms with van der Waals surface area (Å²) in [6.45, 7) is 6.36. The molecular formula is C29H24N4. The molecule has 0 amide bonds. The topological polar surface area (TPSA) is 35.1 Å². The van der Waals surface area contributed by atoms with Crippen molar-refractivity contribution >= 4 is 33.4 Å². The van der Waals surface area contributed by atoms with Crippen molar-refractivity contribution in [2.45, 2.75) is 20.8 Å². The van der Waals surface area contributed by atoms with E-state index in [2.05, 4.69) is 125 Å². The highest BCUT2D eigenvalue weighted by atomic mass is 15.2. The molecule has 3 aromatic heterocycles. The summed E-state index contributed by atoms with van der Waals surface area (Å²) < 4.78 is 4.48. The van der Waals surface area contributed by atoms with Gasteiger partial charge in [0.25, 0.3) is 0 Å². The van der Waals surface area contributed by atoms with Crippen LogP contribution in [0.3, 0.4) is 0 Å². The first-order valence-electron chi connectivity index (χ1n) is 11.2. The Balaban J connectivity index is 1.52. The van der Waals surface area contributed by atoms with Crippen molar-refractivity contribution in [3.8, 4) is 17.1 Å². The number of fused-ring (bicyclic) bond motifs is 4. The van der Waals surface area contributed by atoms with E-state index in [1.807, 2.05) is 6.07 Å². The minimum Gasteiger partial charge on any atom is -0.310 e. The molecule has 0 aliphatic heterocycles. The van der Waals surface area contributed by atoms with E-state index in [1.54, 1.807) is 0 Å². The van der Waals surface area contributed by atoms with E-state index in [-0.39, 0.29) is 0 Å². The third-order valence-electron chi connectivity index (χ3n) is 6.46. The molecule has 0 radical (unpaired) electrons. The quantitative estimate of drug-likeness (QED) is 0.300. The van der Waals surface area contributed by atoms with Crippen LogP contribution in [-0.4, -0.2) is 19.2 Å². The molecule has 0 aliphatic rings. The van der Waals surface area contributed by atoms with Crippen LogP contribution in [0.5, 0.6) is 0 Å². The Labute approximate surface area is 192 Å². The normalized spacial score (nSPS) is 12.0. The van der Waals surface area contributed by atoms with Gasteiger partial charge in [0.2, 0.25) is 0 Å². The first-order chi connectivity index (χ1) is 16.2. The van der Waals surface area contributed by atoms with E-state index in [0.29, 0.717) is 0 Å². The number of para-hydroxylation sites is 1. The third kappa shape index (κ3) is 2.91. The Morgan fingerprint density at radius 3 is 2.30 bits per heavy atom. The number of allylic oxidation sites excluding steroid dienone is 1. The summed E-state index contributed by atoms with van der Waals surface area (Å²) in [4.78, 5) is 0. The van der Waals surface area contributed by atoms with E-state index >= 15 is 0 Å². The number of benzene rings is 3. The van der Waals surface area contributed by atoms with Gasteiger partial charge in [0.15, 0.2) is 11.5 Å². The maximum Gasteiger partial charge on any atom is 0.169 e. The molecule has 6 aromatic rings. The molecule has 4 nitrogen and oxygen atoms in total. The lowest BCUT2D eigenvalue weighted by Gasteiger charge is -2.11. The molecule has 0 aliphatic carbocycles. The Hall–Kier alpha value is -4.18. The van der Waals surface area contributed by atoms with Gasteiger partial charge in [-0.2, -0.15) is 0 Å². The number of rotatable bonds is 3. The number of pyridine rings is 1. The Morgan fingerprint density at radius 1 is 0.788 bits per heavy atom. The average molecular weight is 429 g/mol. The van der Waals surface area contributed by atoms with Gasteiger partial charge in [-0.25, -0.2) is 0 Å². The van der Waals surface area contributed by atoms with Gasteiger partial charge in [-0.3, -0.25) is 4.40 Å². The zero-order valence-corrected chi connectivity index (χ0v) is 18.9. The lowest BCUT2D eigenvalue weighted by atomic mass is 10.1. The van der Waals surface area contributed by atoms with Crippen molar-refractivity contribution in [2.24, 2.45) is 0 Å². The van der Waals surface area contributed by atoms with Gasteiger partial charge in [0.1, 0.15) is 0 Å². The fraction of sp³-hybridized carbons (Fsp3) is 0.103. The van der Waals surface area contributed by atoms with E-state index in [1.165, 1.54) is 27.5 Å². The molecule has 33 heavy (non-hydrogen) atoms. The molecule has 6 rings (SSSR count). The molecule has 0 N–H and O–H groups in total. The zero-order chi connectivity index (χ0) is 22.5. The third-order valence-corrected chi connectivity index (χ3v) is 6.46. The van der Waals surface area contributed by atoms with E-state index < -0.39 is 0 Å². The van der Waals surface area contributed by atoms with Gasteiger partial charge in [-0.15, -0.1) is 10.2 Å². The summed E-state index contributed by atoms with van der Waals surface area (Å²) in [5.74, 6) is 0.863. The maximum atomic E-state index is 4.57. The van der Waals surface area contributed by atoms with Crippen molar-refractivity contribution in [3.63, 3.8) is 0 Å². The lowest BCUT2D eigenvalue weighted by molar-refractivity contribution is 1.07. The van der Waals surface area contributed by atoms with Crippen molar-refractivity contribution in [1.82, 2.24) is 19.2 Å². The molecule has 0 saturated carbocycles. The second kappa shape index (κ2) is 7.45. The summed E-state index contributed by atoms with van der Waals surface area (Å²) >= 11 is 0. The van der Waals surface area contributed by atoms with Gasteiger partial charge in [-0.1, -0.05) is 48.5 Å². The van der Waals surface area contributed by atoms with Crippen LogP contribution < -0.4 is 0 Å². The van der Waals surface area contributed by atoms with Crippen LogP contribution in [0.4, 0.5) is 0 Å². The first kappa shape index (κ1) is 19.5. The number of hydrogen-bond donors (Lipinski definition) is 0. The number of aryl methyl sites for hydroxylation is 2. The number of nitrogens with zero attached hydrogens (tertiary/aromatic N) is 4. The molecule has 3 aromatic carbocycles. The van der Waals surface area contributed by atoms with Crippen LogP contribution in [0.15, 0.2) is 84.9 Å². The van der Waals surface area contributed by atoms with Gasteiger partial charge < -0.3 is 4.57 Å². The summed E-state index contributed by atoms with van der Waals surface area (Å²) in [6.07, 6.45) is 4.28. The molecule has 0 atom stereocenters. The number of aromatic nitrogens is 4. The predicted octanol–water partition coefficient (Wildman–Crippen LogP) is 7.14. The SMILES string of the molecule is CC=Cc1c(C)c2ccccc2n1-c1ccc(-c2nnc3c4ccccc4cc(C)n23)cc1. The van der Waals surface area contributed by atoms with Crippen LogP contribution in [0.1, 0.15) is 23.9 Å². The van der Waals surface area contributed by atoms with E-state index in [4.69, 9.17) is 0 Å². The standard InChI is InChI=1S/C29H24N4/c1-4-9-26-20(3)24-11-7-8-13-27(24)33(26)23-16-14-21(15-17-23)28-30-31-29-25-12-6-5-10-22(25)18-19(2)32(28)29/h4-18H,1-3H3. The van der Waals surface area contributed by atoms with Gasteiger partial charge in [0, 0.05) is 33.4 Å². The molecule has 3 heterocycles. The predicted molar refractivity (Wildman–Crippen MR) is 137 cm³/mol. The second-order valence-corrected chi connectivity index (χ2v) is 8.47. The van der Waals surface area contributed by atoms with Crippen molar-refractivity contribution in [2.75, 3.05) is 0 Å². The fourth-order valence-corrected chi connectivity index (χ4v) is 4.91. The molecule has 0 fully saturated rings. The summed E-state index contributed by atoms with van der Waals surface area (Å²) in [7, 11) is 0. The van der Waals surface area contributed by atoms with E-state index in [0.717, 1.165) is 33.8 Å². The van der Waals surface area contributed by atoms with Gasteiger partial charge in [-0.05, 0) is 74.2 Å². The van der Waals surface area contributed by atoms with Crippen LogP contribution >= 0.6 is 0 Å². The minimum atomic E-state index is 0.863. The Bertz CT molecular complexity index is 1680. The Kier molecular flexibility index (Phi) is 4.40. The van der Waals surface area contributed by atoms with E-state index in [9.17, 15) is 0 Å². The van der Waals surface area contributed by atoms with Crippen molar-refractivity contribution < 1.29 is 0 Å². The van der Waals surface area contributed by atoms with Crippen LogP contribution in [0.25, 0.3) is 50.5 Å². The highest BCUT2D eigenvalue weighted by Gasteiger charge is 2.16. The summed E-state index contributed by atoms with van der Waals surface area (Å²) in [5.41, 5.74) is 7.91. The maximum absolute atomic E-state index is 4.57. The highest BCUT2D eigenvalue weighted by Crippen LogP contribution is 2.31. The smallest absolute Gasteiger partial charge is 0.169 e. The molecular weight excluding hydrogens is 404 g/mol. The molecule has 160 valence electrons. The molecule has 0 spiro atoms. The average Bonchev–Trinajstić information content (AvgIpc) is 3.41. The minimum absolute atomic E-state index is 0.863. The molecule has 0 unspecified atom stereocenters. The summed E-state index contributed by atoms with van der Waals surface area (Å²) in [6, 6.07) is 27.7. The number of hydrogen-bond acceptors (Lipinski definition) is 2. The van der Waals surface area contributed by atoms with Crippen LogP contribution in [0.2, 0.25) is 0 Å². The van der Waals surface area contributed by atoms with Crippen molar-refractivity contribution in [1.29, 1.82) is 0 Å². The van der Waals surface area contributed by atoms with Gasteiger partial charge >= 0.3 is 0 Å². The second-order valence-electron chi connectivity index (χ2n) is 8.47. The zero-order valence-electron chi connectivity index (χ0n) is 18.9. The summed E-state index contributed by atoms with van der Waals surface area (Å²) in [5, 5.41) is 12.7. The highest BCUT2D eigenvalue weighted by molar-refractivity contribution is 5.95. The fourth-order valence-electron chi connectivity index (χ4n) is 4.91. The largest absolute Gasteiger partial charge is 0.310 e. The monoisotopic (exact) mass is 428 g/mol. The Morgan fingerprint density at radius 2 is 1.52 bits per heavy atom. The van der Waals surface area contributed by atoms with Gasteiger partial charge in [0.05, 0.1) is 5.52 Å². The molecule has 4 heteroatoms. The molecule has 0 bridgehead atoms. The van der Waals surface area contributed by atoms with Crippen LogP contribution in [-0.2, 0) is 0 Å². The first-order valence-corrected chi connectivity index (χ1v) is 11.2. The lowest BCUT2D eigenvalue weighted by Crippen LogP contribution is -1.98. The van der Waals surface area contributed by atoms with Crippen LogP contribution in [0, 0.1) is 13.8 Å². The van der Waals surface area contributed by atoms with Crippen molar-refractivity contribution in [3.05, 3.63) is 102 Å². The molecule has 0 saturated heterocycles.